The summed E-state index contributed by atoms with van der Waals surface area (Å²) in [5.41, 5.74) is 0. The van der Waals surface area contributed by atoms with Gasteiger partial charge in [-0.25, -0.2) is 4.79 Å². The summed E-state index contributed by atoms with van der Waals surface area (Å²) in [5.74, 6) is 0.505. The topological polar surface area (TPSA) is 83.9 Å². The number of carbonyl (C=O) groups is 3. The summed E-state index contributed by atoms with van der Waals surface area (Å²) in [4.78, 5) is 33.0. The summed E-state index contributed by atoms with van der Waals surface area (Å²) < 4.78 is 5.80. The highest BCUT2D eigenvalue weighted by atomic mass is 32.2. The predicted molar refractivity (Wildman–Crippen MR) is 63.7 cm³/mol. The molecule has 1 N–H and O–H groups in total. The van der Waals surface area contributed by atoms with E-state index < -0.39 is 16.0 Å². The van der Waals surface area contributed by atoms with Gasteiger partial charge in [-0.2, -0.15) is 0 Å². The summed E-state index contributed by atoms with van der Waals surface area (Å²) >= 11 is 2.60. The Bertz CT molecular complexity index is 395. The van der Waals surface area contributed by atoms with E-state index in [0.717, 1.165) is 11.8 Å². The average molecular weight is 281 g/mol. The van der Waals surface area contributed by atoms with Crippen LogP contribution < -0.4 is 0 Å². The Morgan fingerprint density at radius 2 is 2.50 bits per heavy atom. The lowest BCUT2D eigenvalue weighted by atomic mass is 10.5. The number of hydrogen-bond acceptors (Lipinski definition) is 6. The molecule has 2 rings (SSSR count). The van der Waals surface area contributed by atoms with E-state index >= 15 is 0 Å². The predicted octanol–water partition coefficient (Wildman–Crippen LogP) is 1.39. The van der Waals surface area contributed by atoms with Gasteiger partial charge in [-0.15, -0.1) is 11.8 Å². The largest absolute Gasteiger partial charge is 0.472 e. The van der Waals surface area contributed by atoms with Crippen LogP contribution in [0, 0.1) is 0 Å². The number of thioether (sulfide) groups is 2. The van der Waals surface area contributed by atoms with Crippen molar-refractivity contribution in [3.05, 3.63) is 0 Å². The zero-order valence-corrected chi connectivity index (χ0v) is 10.3. The number of ether oxygens (including phenoxy) is 1. The standard InChI is InChI=1S/C7H7NO5S3/c9-3-13-1-4-2-14-6-8(5(10)15-6)16(4)7(11)12/h3,6H,1-2H2,(H,11,12)/t6-,16?/m0/s1. The summed E-state index contributed by atoms with van der Waals surface area (Å²) in [5, 5.41) is 7.80. The molecule has 2 heterocycles. The van der Waals surface area contributed by atoms with Crippen LogP contribution in [-0.2, 0) is 9.53 Å². The SMILES string of the molecule is O=COCC1=S(C(=O)O)N2C(=O)S[C@@H]2SC1. The van der Waals surface area contributed by atoms with Gasteiger partial charge in [0.15, 0.2) is 0 Å². The molecule has 6 nitrogen and oxygen atoms in total. The molecular weight excluding hydrogens is 274 g/mol. The molecule has 16 heavy (non-hydrogen) atoms. The molecule has 0 aliphatic carbocycles. The molecule has 0 saturated carbocycles. The fourth-order valence-electron chi connectivity index (χ4n) is 1.28. The van der Waals surface area contributed by atoms with Crippen molar-refractivity contribution in [2.45, 2.75) is 4.71 Å². The number of rotatable bonds is 3. The van der Waals surface area contributed by atoms with Gasteiger partial charge in [-0.05, 0) is 11.8 Å². The Morgan fingerprint density at radius 1 is 1.75 bits per heavy atom. The number of nitrogens with zero attached hydrogens (tertiary/aromatic N) is 1. The van der Waals surface area contributed by atoms with Gasteiger partial charge in [0.05, 0.1) is 0 Å². The number of hydrogen-bond donors (Lipinski definition) is 1. The van der Waals surface area contributed by atoms with Crippen LogP contribution in [0.15, 0.2) is 0 Å². The molecule has 2 aliphatic heterocycles. The molecule has 0 radical (unpaired) electrons. The molecule has 1 fully saturated rings. The Kier molecular flexibility index (Phi) is 3.45. The number of carbonyl (C=O) groups excluding carboxylic acids is 2. The molecule has 0 spiro atoms. The van der Waals surface area contributed by atoms with Gasteiger partial charge < -0.3 is 9.84 Å². The first-order valence-corrected chi connectivity index (χ1v) is 7.25. The lowest BCUT2D eigenvalue weighted by Crippen LogP contribution is -2.46. The first kappa shape index (κ1) is 11.8. The molecule has 0 aromatic carbocycles. The fraction of sp³-hybridized carbons (Fsp3) is 0.429. The van der Waals surface area contributed by atoms with Crippen molar-refractivity contribution < 1.29 is 24.2 Å². The van der Waals surface area contributed by atoms with E-state index in [4.69, 9.17) is 5.11 Å². The Balaban J connectivity index is 2.27. The van der Waals surface area contributed by atoms with E-state index in [-0.39, 0.29) is 23.0 Å². The second-order valence-electron chi connectivity index (χ2n) is 2.82. The maximum atomic E-state index is 11.3. The normalized spacial score (nSPS) is 28.1. The van der Waals surface area contributed by atoms with Gasteiger partial charge in [0.25, 0.3) is 11.7 Å². The highest BCUT2D eigenvalue weighted by molar-refractivity contribution is 8.35. The number of carboxylic acid groups (broad SMARTS) is 1. The van der Waals surface area contributed by atoms with Gasteiger partial charge in [0.2, 0.25) is 0 Å². The van der Waals surface area contributed by atoms with E-state index in [1.165, 1.54) is 16.1 Å². The molecule has 2 aliphatic rings. The molecule has 1 unspecified atom stereocenters. The lowest BCUT2D eigenvalue weighted by molar-refractivity contribution is -0.127. The fourth-order valence-corrected chi connectivity index (χ4v) is 6.15. The van der Waals surface area contributed by atoms with Gasteiger partial charge in [0.1, 0.15) is 11.3 Å². The van der Waals surface area contributed by atoms with Crippen molar-refractivity contribution >= 4 is 56.1 Å². The summed E-state index contributed by atoms with van der Waals surface area (Å²) in [6.07, 6.45) is 0. The molecule has 88 valence electrons. The van der Waals surface area contributed by atoms with Crippen molar-refractivity contribution in [1.29, 1.82) is 0 Å². The van der Waals surface area contributed by atoms with E-state index in [9.17, 15) is 14.4 Å². The molecule has 9 heteroatoms. The molecule has 1 amide bonds. The maximum Gasteiger partial charge on any atom is 0.378 e. The minimum atomic E-state index is -1.26. The third kappa shape index (κ3) is 1.94. The Labute approximate surface area is 102 Å². The third-order valence-corrected chi connectivity index (χ3v) is 6.90. The second kappa shape index (κ2) is 4.68. The maximum absolute atomic E-state index is 11.3. The van der Waals surface area contributed by atoms with E-state index in [2.05, 4.69) is 4.74 Å². The Morgan fingerprint density at radius 3 is 3.06 bits per heavy atom. The zero-order valence-electron chi connectivity index (χ0n) is 7.82. The first-order chi connectivity index (χ1) is 7.65. The second-order valence-corrected chi connectivity index (χ2v) is 7.11. The van der Waals surface area contributed by atoms with Gasteiger partial charge >= 0.3 is 5.30 Å². The van der Waals surface area contributed by atoms with Crippen molar-refractivity contribution in [1.82, 2.24) is 4.31 Å². The molecule has 2 atom stereocenters. The average Bonchev–Trinajstić information content (AvgIpc) is 2.24. The molecule has 0 aromatic heterocycles. The Hall–Kier alpha value is -0.670. The van der Waals surface area contributed by atoms with Crippen molar-refractivity contribution in [2.24, 2.45) is 0 Å². The molecular formula is C7H7NO5S3. The van der Waals surface area contributed by atoms with Crippen LogP contribution in [0.5, 0.6) is 0 Å². The van der Waals surface area contributed by atoms with Crippen LogP contribution in [-0.4, -0.2) is 48.4 Å². The van der Waals surface area contributed by atoms with Crippen LogP contribution in [0.2, 0.25) is 0 Å². The van der Waals surface area contributed by atoms with Crippen LogP contribution in [0.25, 0.3) is 0 Å². The summed E-state index contributed by atoms with van der Waals surface area (Å²) in [6.45, 7) is 0.243. The van der Waals surface area contributed by atoms with Crippen molar-refractivity contribution in [3.63, 3.8) is 0 Å². The van der Waals surface area contributed by atoms with E-state index in [1.807, 2.05) is 0 Å². The minimum absolute atomic E-state index is 0.0346. The first-order valence-electron chi connectivity index (χ1n) is 4.14. The zero-order chi connectivity index (χ0) is 11.7. The monoisotopic (exact) mass is 281 g/mol. The molecule has 0 bridgehead atoms. The van der Waals surface area contributed by atoms with Gasteiger partial charge in [-0.3, -0.25) is 13.9 Å². The third-order valence-electron chi connectivity index (χ3n) is 1.91. The highest BCUT2D eigenvalue weighted by Gasteiger charge is 2.46. The number of amides is 1. The van der Waals surface area contributed by atoms with Crippen LogP contribution in [0.4, 0.5) is 9.59 Å². The van der Waals surface area contributed by atoms with Crippen LogP contribution >= 0.6 is 34.2 Å². The van der Waals surface area contributed by atoms with Crippen molar-refractivity contribution in [3.8, 4) is 0 Å². The van der Waals surface area contributed by atoms with Crippen LogP contribution in [0.3, 0.4) is 0 Å². The van der Waals surface area contributed by atoms with Crippen molar-refractivity contribution in [2.75, 3.05) is 12.4 Å². The van der Waals surface area contributed by atoms with E-state index in [0.29, 0.717) is 10.6 Å². The summed E-state index contributed by atoms with van der Waals surface area (Å²) in [6, 6.07) is 0. The van der Waals surface area contributed by atoms with E-state index in [1.54, 1.807) is 0 Å². The van der Waals surface area contributed by atoms with Gasteiger partial charge in [-0.1, -0.05) is 0 Å². The quantitative estimate of drug-likeness (QED) is 0.618. The molecule has 0 aromatic rings. The highest BCUT2D eigenvalue weighted by Crippen LogP contribution is 2.50. The smallest absolute Gasteiger partial charge is 0.378 e. The van der Waals surface area contributed by atoms with Gasteiger partial charge in [0, 0.05) is 21.3 Å². The number of fused-ring (bicyclic) bond motifs is 1. The minimum Gasteiger partial charge on any atom is -0.472 e. The van der Waals surface area contributed by atoms with Crippen LogP contribution in [0.1, 0.15) is 0 Å². The lowest BCUT2D eigenvalue weighted by Gasteiger charge is -2.42. The molecule has 1 saturated heterocycles. The summed E-state index contributed by atoms with van der Waals surface area (Å²) in [7, 11) is -1.26.